The molecule has 1 amide bonds. The number of halogens is 3. The molecule has 0 saturated carbocycles. The third kappa shape index (κ3) is 3.81. The fourth-order valence-corrected chi connectivity index (χ4v) is 1.32. The van der Waals surface area contributed by atoms with Crippen molar-refractivity contribution < 1.29 is 22.8 Å². The first kappa shape index (κ1) is 14.7. The number of rotatable bonds is 3. The van der Waals surface area contributed by atoms with E-state index in [9.17, 15) is 22.8 Å². The van der Waals surface area contributed by atoms with Crippen LogP contribution in [-0.4, -0.2) is 11.7 Å². The molecule has 0 aliphatic heterocycles. The molecule has 0 saturated heterocycles. The van der Waals surface area contributed by atoms with Crippen molar-refractivity contribution in [1.29, 1.82) is 5.26 Å². The van der Waals surface area contributed by atoms with Gasteiger partial charge in [-0.25, -0.2) is 0 Å². The van der Waals surface area contributed by atoms with Gasteiger partial charge in [0, 0.05) is 5.69 Å². The Morgan fingerprint density at radius 1 is 1.37 bits per heavy atom. The van der Waals surface area contributed by atoms with Crippen molar-refractivity contribution in [3.8, 4) is 6.07 Å². The number of alkyl halides is 3. The van der Waals surface area contributed by atoms with Crippen LogP contribution in [0, 0.1) is 17.2 Å². The van der Waals surface area contributed by atoms with Crippen molar-refractivity contribution in [3.05, 3.63) is 29.8 Å². The quantitative estimate of drug-likeness (QED) is 0.857. The number of anilines is 1. The number of benzene rings is 1. The summed E-state index contributed by atoms with van der Waals surface area (Å²) < 4.78 is 37.3. The van der Waals surface area contributed by atoms with E-state index in [4.69, 9.17) is 5.26 Å². The van der Waals surface area contributed by atoms with Crippen LogP contribution in [0.1, 0.15) is 12.5 Å². The minimum atomic E-state index is -4.53. The summed E-state index contributed by atoms with van der Waals surface area (Å²) in [6, 6.07) is 5.42. The molecular formula is C12H9F3N2O2. The van der Waals surface area contributed by atoms with Gasteiger partial charge in [0.15, 0.2) is 11.7 Å². The van der Waals surface area contributed by atoms with Crippen LogP contribution in [0.4, 0.5) is 18.9 Å². The van der Waals surface area contributed by atoms with E-state index < -0.39 is 29.3 Å². The lowest BCUT2D eigenvalue weighted by atomic mass is 10.1. The average Bonchev–Trinajstić information content (AvgIpc) is 2.28. The summed E-state index contributed by atoms with van der Waals surface area (Å²) in [6.45, 7) is 1.06. The Kier molecular flexibility index (Phi) is 4.27. The molecule has 100 valence electrons. The lowest BCUT2D eigenvalue weighted by Gasteiger charge is -2.10. The van der Waals surface area contributed by atoms with E-state index in [0.29, 0.717) is 0 Å². The molecule has 0 aliphatic rings. The first-order chi connectivity index (χ1) is 8.75. The molecule has 1 unspecified atom stereocenters. The van der Waals surface area contributed by atoms with Crippen molar-refractivity contribution >= 4 is 17.4 Å². The Morgan fingerprint density at radius 2 is 2.00 bits per heavy atom. The highest BCUT2D eigenvalue weighted by Crippen LogP contribution is 2.30. The average molecular weight is 270 g/mol. The predicted octanol–water partition coefficient (Wildman–Crippen LogP) is 2.37. The predicted molar refractivity (Wildman–Crippen MR) is 59.9 cm³/mol. The number of carbonyl (C=O) groups excluding carboxylic acids is 2. The topological polar surface area (TPSA) is 70.0 Å². The Bertz CT molecular complexity index is 547. The second-order valence-corrected chi connectivity index (χ2v) is 3.74. The maximum absolute atomic E-state index is 12.4. The molecule has 1 rings (SSSR count). The number of hydrogen-bond donors (Lipinski definition) is 1. The first-order valence-electron chi connectivity index (χ1n) is 5.14. The van der Waals surface area contributed by atoms with Crippen LogP contribution in [0.3, 0.4) is 0 Å². The van der Waals surface area contributed by atoms with Crippen LogP contribution in [0.5, 0.6) is 0 Å². The molecule has 0 radical (unpaired) electrons. The van der Waals surface area contributed by atoms with Gasteiger partial charge in [-0.2, -0.15) is 18.4 Å². The van der Waals surface area contributed by atoms with Gasteiger partial charge in [-0.3, -0.25) is 9.59 Å². The van der Waals surface area contributed by atoms with E-state index in [2.05, 4.69) is 5.32 Å². The van der Waals surface area contributed by atoms with E-state index in [0.717, 1.165) is 25.1 Å². The summed E-state index contributed by atoms with van der Waals surface area (Å²) in [5.41, 5.74) is -1.05. The van der Waals surface area contributed by atoms with Crippen molar-refractivity contribution in [2.45, 2.75) is 13.1 Å². The number of amides is 1. The second kappa shape index (κ2) is 5.52. The molecule has 4 nitrogen and oxygen atoms in total. The van der Waals surface area contributed by atoms with Gasteiger partial charge in [-0.05, 0) is 25.1 Å². The number of nitrogens with one attached hydrogen (secondary N) is 1. The summed E-state index contributed by atoms with van der Waals surface area (Å²) >= 11 is 0. The molecule has 0 bridgehead atoms. The number of hydrogen-bond acceptors (Lipinski definition) is 3. The maximum atomic E-state index is 12.4. The molecule has 1 aromatic rings. The fraction of sp³-hybridized carbons (Fsp3) is 0.250. The summed E-state index contributed by atoms with van der Waals surface area (Å²) in [7, 11) is 0. The highest BCUT2D eigenvalue weighted by atomic mass is 19.4. The first-order valence-corrected chi connectivity index (χ1v) is 5.14. The van der Waals surface area contributed by atoms with Crippen LogP contribution in [0.15, 0.2) is 24.3 Å². The summed E-state index contributed by atoms with van der Waals surface area (Å²) in [6.07, 6.45) is -4.53. The molecule has 1 N–H and O–H groups in total. The SMILES string of the molecule is CC(=O)C(C#N)C(=O)Nc1cccc(C(F)(F)F)c1. The van der Waals surface area contributed by atoms with E-state index in [-0.39, 0.29) is 5.69 Å². The second-order valence-electron chi connectivity index (χ2n) is 3.74. The van der Waals surface area contributed by atoms with Crippen LogP contribution >= 0.6 is 0 Å². The van der Waals surface area contributed by atoms with E-state index in [1.54, 1.807) is 0 Å². The van der Waals surface area contributed by atoms with Crippen LogP contribution in [0.2, 0.25) is 0 Å². The van der Waals surface area contributed by atoms with Gasteiger partial charge >= 0.3 is 6.18 Å². The molecular weight excluding hydrogens is 261 g/mol. The third-order valence-corrected chi connectivity index (χ3v) is 2.26. The molecule has 0 spiro atoms. The van der Waals surface area contributed by atoms with Gasteiger partial charge in [0.05, 0.1) is 11.6 Å². The largest absolute Gasteiger partial charge is 0.416 e. The molecule has 19 heavy (non-hydrogen) atoms. The van der Waals surface area contributed by atoms with Gasteiger partial charge in [0.25, 0.3) is 0 Å². The van der Waals surface area contributed by atoms with Gasteiger partial charge in [-0.1, -0.05) is 6.07 Å². The molecule has 1 atom stereocenters. The molecule has 0 aromatic heterocycles. The van der Waals surface area contributed by atoms with Gasteiger partial charge in [-0.15, -0.1) is 0 Å². The van der Waals surface area contributed by atoms with Crippen LogP contribution < -0.4 is 5.32 Å². The Labute approximate surface area is 106 Å². The number of nitriles is 1. The van der Waals surface area contributed by atoms with Crippen molar-refractivity contribution in [2.24, 2.45) is 5.92 Å². The Morgan fingerprint density at radius 3 is 2.47 bits per heavy atom. The highest BCUT2D eigenvalue weighted by molar-refractivity contribution is 6.08. The normalized spacial score (nSPS) is 12.4. The van der Waals surface area contributed by atoms with Gasteiger partial charge in [0.1, 0.15) is 0 Å². The van der Waals surface area contributed by atoms with Crippen molar-refractivity contribution in [3.63, 3.8) is 0 Å². The maximum Gasteiger partial charge on any atom is 0.416 e. The monoisotopic (exact) mass is 270 g/mol. The smallest absolute Gasteiger partial charge is 0.325 e. The molecule has 7 heteroatoms. The Balaban J connectivity index is 2.93. The van der Waals surface area contributed by atoms with Crippen molar-refractivity contribution in [1.82, 2.24) is 0 Å². The summed E-state index contributed by atoms with van der Waals surface area (Å²) in [5.74, 6) is -3.16. The molecule has 0 fully saturated rings. The zero-order valence-electron chi connectivity index (χ0n) is 9.78. The zero-order chi connectivity index (χ0) is 14.6. The van der Waals surface area contributed by atoms with E-state index in [1.807, 2.05) is 0 Å². The molecule has 0 heterocycles. The number of carbonyl (C=O) groups is 2. The third-order valence-electron chi connectivity index (χ3n) is 2.26. The number of ketones is 1. The molecule has 0 aliphatic carbocycles. The minimum Gasteiger partial charge on any atom is -0.325 e. The van der Waals surface area contributed by atoms with Crippen LogP contribution in [0.25, 0.3) is 0 Å². The summed E-state index contributed by atoms with van der Waals surface area (Å²) in [4.78, 5) is 22.5. The number of Topliss-reactive ketones (excluding diaryl/α,β-unsaturated/α-hetero) is 1. The lowest BCUT2D eigenvalue weighted by Crippen LogP contribution is -2.27. The van der Waals surface area contributed by atoms with E-state index >= 15 is 0 Å². The fourth-order valence-electron chi connectivity index (χ4n) is 1.32. The van der Waals surface area contributed by atoms with Crippen molar-refractivity contribution in [2.75, 3.05) is 5.32 Å². The number of nitrogens with zero attached hydrogens (tertiary/aromatic N) is 1. The summed E-state index contributed by atoms with van der Waals surface area (Å²) in [5, 5.41) is 10.7. The standard InChI is InChI=1S/C12H9F3N2O2/c1-7(18)10(6-16)11(19)17-9-4-2-3-8(5-9)12(13,14)15/h2-5,10H,1H3,(H,17,19). The lowest BCUT2D eigenvalue weighted by molar-refractivity contribution is -0.137. The zero-order valence-corrected chi connectivity index (χ0v) is 9.78. The minimum absolute atomic E-state index is 0.124. The van der Waals surface area contributed by atoms with Gasteiger partial charge in [0.2, 0.25) is 5.91 Å². The Hall–Kier alpha value is -2.36. The van der Waals surface area contributed by atoms with Gasteiger partial charge < -0.3 is 5.32 Å². The molecule has 1 aromatic carbocycles. The van der Waals surface area contributed by atoms with E-state index in [1.165, 1.54) is 12.1 Å². The highest BCUT2D eigenvalue weighted by Gasteiger charge is 2.31. The van der Waals surface area contributed by atoms with Crippen LogP contribution in [-0.2, 0) is 15.8 Å².